The molecule has 1 aliphatic rings. The van der Waals surface area contributed by atoms with Crippen LogP contribution < -0.4 is 5.32 Å². The first-order chi connectivity index (χ1) is 7.19. The first-order valence-corrected chi connectivity index (χ1v) is 5.39. The minimum absolute atomic E-state index is 0.129. The van der Waals surface area contributed by atoms with Gasteiger partial charge in [-0.3, -0.25) is 9.59 Å². The molecule has 2 N–H and O–H groups in total. The number of hydrogen-bond donors (Lipinski definition) is 2. The minimum Gasteiger partial charge on any atom is -0.394 e. The maximum Gasteiger partial charge on any atom is 0.311 e. The Balaban J connectivity index is 2.41. The number of nitrogens with one attached hydrogen (secondary N) is 1. The van der Waals surface area contributed by atoms with Crippen LogP contribution in [0.15, 0.2) is 0 Å². The second-order valence-electron chi connectivity index (χ2n) is 3.76. The summed E-state index contributed by atoms with van der Waals surface area (Å²) in [6.07, 6.45) is 2.56. The monoisotopic (exact) mass is 214 g/mol. The molecular weight excluding hydrogens is 196 g/mol. The number of aliphatic hydroxyl groups excluding tert-OH is 1. The summed E-state index contributed by atoms with van der Waals surface area (Å²) in [6, 6.07) is -0.316. The number of likely N-dealkylation sites (tertiary alicyclic amines) is 1. The molecule has 0 aromatic carbocycles. The van der Waals surface area contributed by atoms with Crippen LogP contribution in [-0.4, -0.2) is 47.6 Å². The van der Waals surface area contributed by atoms with Gasteiger partial charge in [0.05, 0.1) is 12.6 Å². The van der Waals surface area contributed by atoms with Crippen molar-refractivity contribution >= 4 is 11.8 Å². The lowest BCUT2D eigenvalue weighted by atomic mass is 10.2. The average molecular weight is 214 g/mol. The van der Waals surface area contributed by atoms with E-state index in [1.165, 1.54) is 0 Å². The van der Waals surface area contributed by atoms with Gasteiger partial charge in [-0.1, -0.05) is 6.92 Å². The van der Waals surface area contributed by atoms with Crippen LogP contribution >= 0.6 is 0 Å². The van der Waals surface area contributed by atoms with Crippen molar-refractivity contribution in [3.8, 4) is 0 Å². The van der Waals surface area contributed by atoms with E-state index in [1.54, 1.807) is 4.90 Å². The highest BCUT2D eigenvalue weighted by Gasteiger charge is 2.25. The molecule has 1 saturated heterocycles. The number of nitrogens with zero attached hydrogens (tertiary/aromatic N) is 1. The van der Waals surface area contributed by atoms with Crippen molar-refractivity contribution in [2.45, 2.75) is 32.2 Å². The van der Waals surface area contributed by atoms with Crippen molar-refractivity contribution in [1.29, 1.82) is 0 Å². The Labute approximate surface area is 89.4 Å². The highest BCUT2D eigenvalue weighted by atomic mass is 16.3. The Morgan fingerprint density at radius 2 is 2.00 bits per heavy atom. The standard InChI is InChI=1S/C10H18N2O3/c1-2-8(7-13)11-9(14)10(15)12-5-3-4-6-12/h8,13H,2-7H2,1H3,(H,11,14). The zero-order valence-corrected chi connectivity index (χ0v) is 9.03. The van der Waals surface area contributed by atoms with Crippen LogP contribution in [0.4, 0.5) is 0 Å². The van der Waals surface area contributed by atoms with Gasteiger partial charge in [-0.15, -0.1) is 0 Å². The summed E-state index contributed by atoms with van der Waals surface area (Å²) in [4.78, 5) is 24.5. The van der Waals surface area contributed by atoms with Crippen molar-refractivity contribution in [1.82, 2.24) is 10.2 Å². The van der Waals surface area contributed by atoms with Crippen LogP contribution in [0.25, 0.3) is 0 Å². The van der Waals surface area contributed by atoms with Crippen molar-refractivity contribution < 1.29 is 14.7 Å². The molecule has 1 atom stereocenters. The lowest BCUT2D eigenvalue weighted by molar-refractivity contribution is -0.145. The number of rotatable bonds is 3. The quantitative estimate of drug-likeness (QED) is 0.622. The van der Waals surface area contributed by atoms with Crippen LogP contribution in [-0.2, 0) is 9.59 Å². The van der Waals surface area contributed by atoms with E-state index in [9.17, 15) is 9.59 Å². The zero-order chi connectivity index (χ0) is 11.3. The minimum atomic E-state index is -0.599. The number of amides is 2. The largest absolute Gasteiger partial charge is 0.394 e. The molecule has 2 amide bonds. The van der Waals surface area contributed by atoms with E-state index < -0.39 is 11.8 Å². The number of aliphatic hydroxyl groups is 1. The van der Waals surface area contributed by atoms with Crippen LogP contribution in [0.5, 0.6) is 0 Å². The van der Waals surface area contributed by atoms with E-state index in [0.29, 0.717) is 19.5 Å². The lowest BCUT2D eigenvalue weighted by Gasteiger charge is -2.17. The molecule has 1 unspecified atom stereocenters. The molecule has 5 nitrogen and oxygen atoms in total. The van der Waals surface area contributed by atoms with E-state index in [0.717, 1.165) is 12.8 Å². The maximum absolute atomic E-state index is 11.5. The van der Waals surface area contributed by atoms with Gasteiger partial charge in [-0.05, 0) is 19.3 Å². The predicted octanol–water partition coefficient (Wildman–Crippen LogP) is -0.504. The average Bonchev–Trinajstić information content (AvgIpc) is 2.77. The van der Waals surface area contributed by atoms with Crippen LogP contribution in [0.2, 0.25) is 0 Å². The number of carbonyl (C=O) groups excluding carboxylic acids is 2. The van der Waals surface area contributed by atoms with Gasteiger partial charge in [0, 0.05) is 13.1 Å². The summed E-state index contributed by atoms with van der Waals surface area (Å²) >= 11 is 0. The van der Waals surface area contributed by atoms with Gasteiger partial charge in [-0.25, -0.2) is 0 Å². The van der Waals surface area contributed by atoms with Crippen LogP contribution in [0.1, 0.15) is 26.2 Å². The Bertz CT molecular complexity index is 233. The summed E-state index contributed by atoms with van der Waals surface area (Å²) < 4.78 is 0. The molecule has 0 aliphatic carbocycles. The van der Waals surface area contributed by atoms with Crippen molar-refractivity contribution in [3.63, 3.8) is 0 Å². The summed E-state index contributed by atoms with van der Waals surface area (Å²) in [7, 11) is 0. The van der Waals surface area contributed by atoms with Gasteiger partial charge in [0.15, 0.2) is 0 Å². The van der Waals surface area contributed by atoms with Crippen LogP contribution in [0.3, 0.4) is 0 Å². The van der Waals surface area contributed by atoms with Crippen molar-refractivity contribution in [3.05, 3.63) is 0 Å². The molecule has 1 heterocycles. The molecule has 0 aromatic heterocycles. The SMILES string of the molecule is CCC(CO)NC(=O)C(=O)N1CCCC1. The highest BCUT2D eigenvalue weighted by molar-refractivity contribution is 6.35. The fourth-order valence-electron chi connectivity index (χ4n) is 1.59. The third-order valence-corrected chi connectivity index (χ3v) is 2.64. The van der Waals surface area contributed by atoms with E-state index in [1.807, 2.05) is 6.92 Å². The first kappa shape index (κ1) is 12.0. The van der Waals surface area contributed by atoms with Gasteiger partial charge in [0.2, 0.25) is 0 Å². The van der Waals surface area contributed by atoms with E-state index in [4.69, 9.17) is 5.11 Å². The Morgan fingerprint density at radius 1 is 1.40 bits per heavy atom. The molecule has 0 radical (unpaired) electrons. The zero-order valence-electron chi connectivity index (χ0n) is 9.03. The second kappa shape index (κ2) is 5.70. The van der Waals surface area contributed by atoms with Crippen LogP contribution in [0, 0.1) is 0 Å². The maximum atomic E-state index is 11.5. The molecular formula is C10H18N2O3. The molecule has 86 valence electrons. The molecule has 15 heavy (non-hydrogen) atoms. The number of hydrogen-bond acceptors (Lipinski definition) is 3. The number of carbonyl (C=O) groups is 2. The lowest BCUT2D eigenvalue weighted by Crippen LogP contribution is -2.46. The molecule has 5 heteroatoms. The third kappa shape index (κ3) is 3.20. The molecule has 0 spiro atoms. The summed E-state index contributed by atoms with van der Waals surface area (Å²) in [5, 5.41) is 11.4. The summed E-state index contributed by atoms with van der Waals surface area (Å²) in [5.74, 6) is -1.07. The molecule has 1 fully saturated rings. The fourth-order valence-corrected chi connectivity index (χ4v) is 1.59. The van der Waals surface area contributed by atoms with Gasteiger partial charge in [-0.2, -0.15) is 0 Å². The summed E-state index contributed by atoms with van der Waals surface area (Å²) in [6.45, 7) is 3.06. The first-order valence-electron chi connectivity index (χ1n) is 5.39. The van der Waals surface area contributed by atoms with E-state index in [-0.39, 0.29) is 12.6 Å². The molecule has 0 aromatic rings. The van der Waals surface area contributed by atoms with Gasteiger partial charge >= 0.3 is 11.8 Å². The van der Waals surface area contributed by atoms with Gasteiger partial charge in [0.25, 0.3) is 0 Å². The smallest absolute Gasteiger partial charge is 0.311 e. The van der Waals surface area contributed by atoms with Crippen molar-refractivity contribution in [2.24, 2.45) is 0 Å². The molecule has 0 saturated carbocycles. The second-order valence-corrected chi connectivity index (χ2v) is 3.76. The fraction of sp³-hybridized carbons (Fsp3) is 0.800. The predicted molar refractivity (Wildman–Crippen MR) is 55.1 cm³/mol. The Hall–Kier alpha value is -1.10. The van der Waals surface area contributed by atoms with Gasteiger partial charge < -0.3 is 15.3 Å². The Morgan fingerprint density at radius 3 is 2.47 bits per heavy atom. The highest BCUT2D eigenvalue weighted by Crippen LogP contribution is 2.07. The van der Waals surface area contributed by atoms with E-state index in [2.05, 4.69) is 5.32 Å². The molecule has 1 rings (SSSR count). The summed E-state index contributed by atoms with van der Waals surface area (Å²) in [5.41, 5.74) is 0. The Kier molecular flexibility index (Phi) is 4.55. The van der Waals surface area contributed by atoms with Gasteiger partial charge in [0.1, 0.15) is 0 Å². The van der Waals surface area contributed by atoms with E-state index >= 15 is 0 Å². The third-order valence-electron chi connectivity index (χ3n) is 2.64. The molecule has 1 aliphatic heterocycles. The topological polar surface area (TPSA) is 69.6 Å². The molecule has 0 bridgehead atoms. The normalized spacial score (nSPS) is 17.6. The van der Waals surface area contributed by atoms with Crippen molar-refractivity contribution in [2.75, 3.05) is 19.7 Å².